The summed E-state index contributed by atoms with van der Waals surface area (Å²) in [6, 6.07) is 6.75. The summed E-state index contributed by atoms with van der Waals surface area (Å²) in [5.74, 6) is -0.439. The van der Waals surface area contributed by atoms with E-state index < -0.39 is 0 Å². The van der Waals surface area contributed by atoms with Crippen LogP contribution in [-0.4, -0.2) is 18.0 Å². The summed E-state index contributed by atoms with van der Waals surface area (Å²) in [6.45, 7) is 1.44. The van der Waals surface area contributed by atoms with Crippen LogP contribution in [0.2, 0.25) is 5.02 Å². The van der Waals surface area contributed by atoms with E-state index in [9.17, 15) is 9.59 Å². The number of carbonyl (C=O) groups excluding carboxylic acids is 2. The van der Waals surface area contributed by atoms with Gasteiger partial charge in [-0.15, -0.1) is 0 Å². The van der Waals surface area contributed by atoms with E-state index in [1.165, 1.54) is 13.3 Å². The van der Waals surface area contributed by atoms with Crippen molar-refractivity contribution in [2.45, 2.75) is 57.6 Å². The summed E-state index contributed by atoms with van der Waals surface area (Å²) < 4.78 is 5.53. The van der Waals surface area contributed by atoms with Gasteiger partial charge in [0.05, 0.1) is 12.5 Å². The highest BCUT2D eigenvalue weighted by Crippen LogP contribution is 2.23. The third-order valence-corrected chi connectivity index (χ3v) is 4.12. The normalized spacial score (nSPS) is 16.8. The molecule has 1 saturated carbocycles. The first kappa shape index (κ1) is 16.8. The van der Waals surface area contributed by atoms with Crippen molar-refractivity contribution < 1.29 is 14.3 Å². The van der Waals surface area contributed by atoms with E-state index in [1.807, 2.05) is 12.1 Å². The number of hydrogen-bond acceptors (Lipinski definition) is 3. The Balaban J connectivity index is 1.97. The zero-order valence-corrected chi connectivity index (χ0v) is 13.6. The van der Waals surface area contributed by atoms with Crippen LogP contribution in [0.15, 0.2) is 24.3 Å². The van der Waals surface area contributed by atoms with Gasteiger partial charge in [-0.3, -0.25) is 9.59 Å². The molecule has 1 aliphatic rings. The molecule has 0 spiro atoms. The molecule has 1 atom stereocenters. The number of benzene rings is 1. The molecule has 1 aromatic rings. The summed E-state index contributed by atoms with van der Waals surface area (Å²) in [5, 5.41) is 3.42. The second kappa shape index (κ2) is 8.18. The molecule has 1 N–H and O–H groups in total. The lowest BCUT2D eigenvalue weighted by molar-refractivity contribution is -0.151. The number of rotatable bonds is 5. The first-order valence-electron chi connectivity index (χ1n) is 7.76. The van der Waals surface area contributed by atoms with Gasteiger partial charge in [0.25, 0.3) is 0 Å². The minimum Gasteiger partial charge on any atom is -0.462 e. The Morgan fingerprint density at radius 2 is 1.86 bits per heavy atom. The molecule has 0 aliphatic heterocycles. The van der Waals surface area contributed by atoms with Crippen LogP contribution in [0.1, 0.15) is 57.1 Å². The number of hydrogen-bond donors (Lipinski definition) is 1. The molecule has 0 bridgehead atoms. The van der Waals surface area contributed by atoms with E-state index in [-0.39, 0.29) is 30.4 Å². The molecule has 22 heavy (non-hydrogen) atoms. The highest BCUT2D eigenvalue weighted by atomic mass is 35.5. The number of halogens is 1. The number of amides is 1. The van der Waals surface area contributed by atoms with Gasteiger partial charge in [0, 0.05) is 11.9 Å². The Bertz CT molecular complexity index is 509. The Hall–Kier alpha value is -1.55. The van der Waals surface area contributed by atoms with E-state index in [2.05, 4.69) is 5.32 Å². The monoisotopic (exact) mass is 323 g/mol. The third-order valence-electron chi connectivity index (χ3n) is 3.87. The van der Waals surface area contributed by atoms with Crippen LogP contribution in [0.3, 0.4) is 0 Å². The first-order chi connectivity index (χ1) is 10.5. The Labute approximate surface area is 136 Å². The quantitative estimate of drug-likeness (QED) is 0.839. The van der Waals surface area contributed by atoms with Gasteiger partial charge in [0.1, 0.15) is 6.10 Å². The molecule has 1 amide bonds. The smallest absolute Gasteiger partial charge is 0.308 e. The average Bonchev–Trinajstić information content (AvgIpc) is 2.48. The molecular weight excluding hydrogens is 302 g/mol. The molecule has 2 rings (SSSR count). The van der Waals surface area contributed by atoms with Crippen LogP contribution < -0.4 is 5.32 Å². The molecule has 1 aromatic carbocycles. The molecule has 1 unspecified atom stereocenters. The van der Waals surface area contributed by atoms with Crippen molar-refractivity contribution in [3.05, 3.63) is 34.9 Å². The number of ether oxygens (including phenoxy) is 1. The van der Waals surface area contributed by atoms with Gasteiger partial charge in [0.15, 0.2) is 0 Å². The summed E-state index contributed by atoms with van der Waals surface area (Å²) in [4.78, 5) is 23.5. The molecule has 5 heteroatoms. The van der Waals surface area contributed by atoms with E-state index in [1.54, 1.807) is 12.1 Å². The van der Waals surface area contributed by atoms with Crippen LogP contribution in [0, 0.1) is 0 Å². The summed E-state index contributed by atoms with van der Waals surface area (Å²) >= 11 is 5.88. The maximum Gasteiger partial charge on any atom is 0.308 e. The van der Waals surface area contributed by atoms with E-state index in [4.69, 9.17) is 16.3 Å². The van der Waals surface area contributed by atoms with Crippen molar-refractivity contribution in [2.24, 2.45) is 0 Å². The standard InChI is InChI=1S/C17H22ClNO3/c1-12(20)19-16(13-7-9-14(18)10-8-13)11-17(21)22-15-5-3-2-4-6-15/h7-10,15-16H,2-6,11H2,1H3,(H,19,20). The minimum absolute atomic E-state index is 0.0319. The topological polar surface area (TPSA) is 55.4 Å². The maximum absolute atomic E-state index is 12.1. The lowest BCUT2D eigenvalue weighted by Crippen LogP contribution is -2.30. The van der Waals surface area contributed by atoms with Gasteiger partial charge >= 0.3 is 5.97 Å². The molecule has 4 nitrogen and oxygen atoms in total. The van der Waals surface area contributed by atoms with Gasteiger partial charge in [0.2, 0.25) is 5.91 Å². The zero-order chi connectivity index (χ0) is 15.9. The number of carbonyl (C=O) groups is 2. The van der Waals surface area contributed by atoms with Crippen LogP contribution >= 0.6 is 11.6 Å². The van der Waals surface area contributed by atoms with Crippen LogP contribution in [0.4, 0.5) is 0 Å². The lowest BCUT2D eigenvalue weighted by Gasteiger charge is -2.23. The summed E-state index contributed by atoms with van der Waals surface area (Å²) in [7, 11) is 0. The molecule has 0 aromatic heterocycles. The van der Waals surface area contributed by atoms with Gasteiger partial charge in [-0.2, -0.15) is 0 Å². The van der Waals surface area contributed by atoms with E-state index in [0.717, 1.165) is 31.2 Å². The summed E-state index contributed by atoms with van der Waals surface area (Å²) in [6.07, 6.45) is 5.50. The second-order valence-electron chi connectivity index (χ2n) is 5.76. The first-order valence-corrected chi connectivity index (χ1v) is 8.14. The Morgan fingerprint density at radius 3 is 2.45 bits per heavy atom. The molecule has 0 heterocycles. The SMILES string of the molecule is CC(=O)NC(CC(=O)OC1CCCCC1)c1ccc(Cl)cc1. The average molecular weight is 324 g/mol. The van der Waals surface area contributed by atoms with Crippen molar-refractivity contribution in [2.75, 3.05) is 0 Å². The van der Waals surface area contributed by atoms with Gasteiger partial charge < -0.3 is 10.1 Å². The maximum atomic E-state index is 12.1. The summed E-state index contributed by atoms with van der Waals surface area (Å²) in [5.41, 5.74) is 0.847. The Morgan fingerprint density at radius 1 is 1.23 bits per heavy atom. The largest absolute Gasteiger partial charge is 0.462 e. The fourth-order valence-electron chi connectivity index (χ4n) is 2.78. The van der Waals surface area contributed by atoms with E-state index >= 15 is 0 Å². The van der Waals surface area contributed by atoms with Crippen molar-refractivity contribution in [1.82, 2.24) is 5.32 Å². The van der Waals surface area contributed by atoms with E-state index in [0.29, 0.717) is 5.02 Å². The van der Waals surface area contributed by atoms with Crippen molar-refractivity contribution >= 4 is 23.5 Å². The molecule has 1 fully saturated rings. The predicted octanol–water partition coefficient (Wildman–Crippen LogP) is 3.78. The highest BCUT2D eigenvalue weighted by Gasteiger charge is 2.22. The number of esters is 1. The van der Waals surface area contributed by atoms with Crippen molar-refractivity contribution in [3.63, 3.8) is 0 Å². The fourth-order valence-corrected chi connectivity index (χ4v) is 2.90. The number of nitrogens with one attached hydrogen (secondary N) is 1. The van der Waals surface area contributed by atoms with Crippen LogP contribution in [0.5, 0.6) is 0 Å². The molecule has 0 saturated heterocycles. The molecule has 1 aliphatic carbocycles. The van der Waals surface area contributed by atoms with Gasteiger partial charge in [-0.05, 0) is 43.4 Å². The molecule has 0 radical (unpaired) electrons. The fraction of sp³-hybridized carbons (Fsp3) is 0.529. The second-order valence-corrected chi connectivity index (χ2v) is 6.20. The molecule has 120 valence electrons. The van der Waals surface area contributed by atoms with Crippen molar-refractivity contribution in [3.8, 4) is 0 Å². The Kier molecular flexibility index (Phi) is 6.25. The third kappa shape index (κ3) is 5.34. The predicted molar refractivity (Wildman–Crippen MR) is 85.6 cm³/mol. The van der Waals surface area contributed by atoms with Crippen molar-refractivity contribution in [1.29, 1.82) is 0 Å². The van der Waals surface area contributed by atoms with Gasteiger partial charge in [-0.1, -0.05) is 30.2 Å². The van der Waals surface area contributed by atoms with Gasteiger partial charge in [-0.25, -0.2) is 0 Å². The lowest BCUT2D eigenvalue weighted by atomic mass is 9.97. The van der Waals surface area contributed by atoms with Crippen LogP contribution in [-0.2, 0) is 14.3 Å². The highest BCUT2D eigenvalue weighted by molar-refractivity contribution is 6.30. The zero-order valence-electron chi connectivity index (χ0n) is 12.8. The minimum atomic E-state index is -0.383. The molecular formula is C17H22ClNO3. The van der Waals surface area contributed by atoms with Crippen LogP contribution in [0.25, 0.3) is 0 Å².